The Morgan fingerprint density at radius 3 is 1.54 bits per heavy atom. The van der Waals surface area contributed by atoms with Gasteiger partial charge in [-0.15, -0.1) is 0 Å². The number of piperazine rings is 2. The molecule has 2 unspecified atom stereocenters. The third-order valence-electron chi connectivity index (χ3n) is 22.8. The number of ether oxygens (including phenoxy) is 1. The Balaban J connectivity index is 0.000000153. The molecule has 10 aromatic rings. The highest BCUT2D eigenvalue weighted by Gasteiger charge is 2.41. The first-order valence-electron chi connectivity index (χ1n) is 40.1. The molecular weight excluding hydrogens is 1570 g/mol. The van der Waals surface area contributed by atoms with Crippen LogP contribution in [-0.2, 0) is 11.3 Å². The Morgan fingerprint density at radius 2 is 1.03 bits per heavy atom. The van der Waals surface area contributed by atoms with Gasteiger partial charge < -0.3 is 46.0 Å². The molecule has 0 aliphatic carbocycles. The predicted molar refractivity (Wildman–Crippen MR) is 468 cm³/mol. The number of fused-ring (bicyclic) bond motifs is 1. The number of hydrogen-bond acceptors (Lipinski definition) is 12. The summed E-state index contributed by atoms with van der Waals surface area (Å²) >= 11 is 30.3. The number of piperidine rings is 2. The van der Waals surface area contributed by atoms with Crippen LogP contribution in [0.3, 0.4) is 0 Å². The van der Waals surface area contributed by atoms with Crippen LogP contribution in [-0.4, -0.2) is 156 Å². The third-order valence-corrected chi connectivity index (χ3v) is 24.0. The number of nitrogens with zero attached hydrogens (tertiary/aromatic N) is 9. The quantitative estimate of drug-likeness (QED) is 0.0483. The maximum absolute atomic E-state index is 13.6. The van der Waals surface area contributed by atoms with E-state index in [1.165, 1.54) is 34.9 Å². The van der Waals surface area contributed by atoms with Gasteiger partial charge >= 0.3 is 18.1 Å². The van der Waals surface area contributed by atoms with Crippen LogP contribution in [0.4, 0.5) is 35.8 Å². The summed E-state index contributed by atoms with van der Waals surface area (Å²) in [6.07, 6.45) is 15.0. The first-order valence-corrected chi connectivity index (χ1v) is 42.0. The van der Waals surface area contributed by atoms with Crippen molar-refractivity contribution >= 4 is 93.2 Å². The normalized spacial score (nSPS) is 17.5. The molecule has 0 radical (unpaired) electrons. The van der Waals surface area contributed by atoms with Crippen LogP contribution in [0.5, 0.6) is 0 Å². The van der Waals surface area contributed by atoms with Crippen molar-refractivity contribution < 1.29 is 23.5 Å². The summed E-state index contributed by atoms with van der Waals surface area (Å²) in [5.41, 5.74) is 14.0. The van der Waals surface area contributed by atoms with Crippen molar-refractivity contribution in [3.8, 4) is 45.5 Å². The summed E-state index contributed by atoms with van der Waals surface area (Å²) in [7, 11) is 0. The van der Waals surface area contributed by atoms with Crippen molar-refractivity contribution in [1.29, 1.82) is 10.5 Å². The molecule has 5 N–H and O–H groups in total. The van der Waals surface area contributed by atoms with Crippen LogP contribution in [0.25, 0.3) is 33.4 Å². The van der Waals surface area contributed by atoms with Gasteiger partial charge in [-0.3, -0.25) is 19.8 Å². The fraction of sp³-hybridized carbons (Fsp3) is 0.323. The summed E-state index contributed by atoms with van der Waals surface area (Å²) in [6, 6.07) is 67.8. The Morgan fingerprint density at radius 1 is 0.504 bits per heavy atom. The van der Waals surface area contributed by atoms with Crippen LogP contribution >= 0.6 is 58.0 Å². The topological polar surface area (TPSA) is 210 Å². The number of amides is 6. The van der Waals surface area contributed by atoms with E-state index in [0.717, 1.165) is 156 Å². The van der Waals surface area contributed by atoms with Gasteiger partial charge in [-0.2, -0.15) is 10.5 Å². The molecule has 0 bridgehead atoms. The number of halogens is 6. The highest BCUT2D eigenvalue weighted by molar-refractivity contribution is 6.36. The monoisotopic (exact) mass is 1670 g/mol. The highest BCUT2D eigenvalue weighted by Crippen LogP contribution is 2.39. The van der Waals surface area contributed by atoms with E-state index in [2.05, 4.69) is 160 Å². The second-order valence-electron chi connectivity index (χ2n) is 30.6. The lowest BCUT2D eigenvalue weighted by Crippen LogP contribution is -2.64. The standard InChI is InChI=1S/C33H31Cl2N5O.C30H34Cl2N4O2.C30H31ClFN5O/c34-29-16-30(35)18-31(17-29)39-33(41)38-21-32(27-10-13-40(14-11-27)22-24-4-2-12-37-20-24)26-8-6-25(7-9-26)28-5-1-3-23(15-28)19-36;31-25-16-26(32)18-27(17-25)35-30(37)34-20-29(22-5-3-21(4-6-22)24-2-1-11-33-19-24)23-7-12-36(13-8-23)28-9-14-38-15-10-28;1-2-12-35-13-14-37-26(18-35)19-36(30(38)34-25-10-11-28(32)27(31)16-25)20-29(37)23-8-6-22(7-9-23)24-5-3-4-21(15-24)17-33/h1-9,12,15-18,20,27,32H,10-11,13-14,21-22H2,(H2,38,39,41);1-6,11,16-19,23,28-29H,7-10,12-15,20H2,(H2,34,35,37);3-11,15-16,26,29H,2,12-14,18-20H2,1H3,(H,34,38)/t;;26-,29-/m..1/s1. The Kier molecular flexibility index (Phi) is 30.4. The van der Waals surface area contributed by atoms with E-state index in [4.69, 9.17) is 62.7 Å². The molecule has 15 rings (SSSR count). The van der Waals surface area contributed by atoms with Gasteiger partial charge in [0.1, 0.15) is 5.82 Å². The molecule has 8 aromatic carbocycles. The second-order valence-corrected chi connectivity index (χ2v) is 32.7. The van der Waals surface area contributed by atoms with Crippen LogP contribution < -0.4 is 26.6 Å². The zero-order valence-electron chi connectivity index (χ0n) is 65.4. The lowest BCUT2D eigenvalue weighted by atomic mass is 9.79. The lowest BCUT2D eigenvalue weighted by Gasteiger charge is -2.51. The number of carbonyl (C=O) groups is 3. The fourth-order valence-corrected chi connectivity index (χ4v) is 18.1. The minimum Gasteiger partial charge on any atom is -0.381 e. The smallest absolute Gasteiger partial charge is 0.321 e. The van der Waals surface area contributed by atoms with Crippen molar-refractivity contribution in [2.45, 2.75) is 88.4 Å². The molecule has 0 spiro atoms. The van der Waals surface area contributed by atoms with Crippen LogP contribution in [0, 0.1) is 40.3 Å². The zero-order chi connectivity index (χ0) is 81.6. The summed E-state index contributed by atoms with van der Waals surface area (Å²) < 4.78 is 19.2. The predicted octanol–water partition coefficient (Wildman–Crippen LogP) is 20.6. The average molecular weight is 1670 g/mol. The molecule has 2 aromatic heterocycles. The van der Waals surface area contributed by atoms with Gasteiger partial charge in [-0.05, 0) is 236 Å². The summed E-state index contributed by atoms with van der Waals surface area (Å²) in [6.45, 7) is 15.1. The van der Waals surface area contributed by atoms with Crippen LogP contribution in [0.15, 0.2) is 225 Å². The van der Waals surface area contributed by atoms with Gasteiger partial charge in [0.05, 0.1) is 34.3 Å². The second kappa shape index (κ2) is 41.9. The van der Waals surface area contributed by atoms with E-state index in [9.17, 15) is 29.3 Å². The summed E-state index contributed by atoms with van der Waals surface area (Å²) in [5, 5.41) is 35.2. The Labute approximate surface area is 710 Å². The summed E-state index contributed by atoms with van der Waals surface area (Å²) in [5.74, 6) is 0.733. The average Bonchev–Trinajstić information content (AvgIpc) is 0.695. The number of urea groups is 3. The fourth-order valence-electron chi connectivity index (χ4n) is 16.8. The van der Waals surface area contributed by atoms with Gasteiger partial charge in [-0.1, -0.05) is 174 Å². The van der Waals surface area contributed by atoms with E-state index < -0.39 is 5.82 Å². The molecule has 604 valence electrons. The number of benzene rings is 8. The molecule has 6 amide bonds. The first kappa shape index (κ1) is 84.9. The lowest BCUT2D eigenvalue weighted by molar-refractivity contribution is -0.0134. The van der Waals surface area contributed by atoms with Crippen molar-refractivity contribution in [3.63, 3.8) is 0 Å². The van der Waals surface area contributed by atoms with E-state index >= 15 is 0 Å². The van der Waals surface area contributed by atoms with E-state index in [1.54, 1.807) is 54.9 Å². The third kappa shape index (κ3) is 23.9. The van der Waals surface area contributed by atoms with Crippen molar-refractivity contribution in [1.82, 2.24) is 45.1 Å². The first-order chi connectivity index (χ1) is 57.0. The van der Waals surface area contributed by atoms with E-state index in [1.807, 2.05) is 71.9 Å². The Bertz CT molecular complexity index is 5000. The highest BCUT2D eigenvalue weighted by atomic mass is 35.5. The van der Waals surface area contributed by atoms with Gasteiger partial charge in [0.25, 0.3) is 0 Å². The molecular formula is C93H96Cl5FN14O4. The number of hydrogen-bond donors (Lipinski definition) is 5. The van der Waals surface area contributed by atoms with Gasteiger partial charge in [0.2, 0.25) is 0 Å². The van der Waals surface area contributed by atoms with E-state index in [0.29, 0.717) is 92.3 Å². The number of rotatable bonds is 20. The molecule has 5 aliphatic heterocycles. The number of carbonyl (C=O) groups excluding carboxylic acids is 3. The minimum absolute atomic E-state index is 0.0200. The molecule has 18 nitrogen and oxygen atoms in total. The van der Waals surface area contributed by atoms with Crippen LogP contribution in [0.1, 0.15) is 103 Å². The van der Waals surface area contributed by atoms with Gasteiger partial charge in [-0.25, -0.2) is 18.8 Å². The SMILES string of the molecule is CCCN1CCN2[C@H](C1)CN(C(=O)Nc1ccc(F)c(Cl)c1)C[C@@H]2c1ccc(-c2cccc(C#N)c2)cc1.N#Cc1cccc(-c2ccc(C(CNC(=O)Nc3cc(Cl)cc(Cl)c3)C3CCN(Cc4cccnc4)CC3)cc2)c1.O=C(NCC(c1ccc(-c2cccnc2)cc1)C1CCN(C2CCOCC2)CC1)Nc1cc(Cl)cc(Cl)c1. The van der Waals surface area contributed by atoms with Crippen molar-refractivity contribution in [2.75, 3.05) is 108 Å². The zero-order valence-corrected chi connectivity index (χ0v) is 69.2. The maximum atomic E-state index is 13.6. The summed E-state index contributed by atoms with van der Waals surface area (Å²) in [4.78, 5) is 59.5. The van der Waals surface area contributed by atoms with Crippen molar-refractivity contribution in [2.24, 2.45) is 11.8 Å². The molecule has 5 saturated heterocycles. The number of pyridine rings is 2. The number of likely N-dealkylation sites (tertiary alicyclic amines) is 2. The molecule has 117 heavy (non-hydrogen) atoms. The minimum atomic E-state index is -0.514. The largest absolute Gasteiger partial charge is 0.381 e. The molecule has 24 heteroatoms. The number of nitrogens with one attached hydrogen (secondary N) is 5. The number of anilines is 3. The molecule has 5 aliphatic rings. The van der Waals surface area contributed by atoms with Gasteiger partial charge in [0.15, 0.2) is 0 Å². The number of nitriles is 2. The van der Waals surface area contributed by atoms with Gasteiger partial charge in [0, 0.05) is 151 Å². The molecule has 0 saturated carbocycles. The molecule has 7 heterocycles. The Hall–Kier alpha value is -9.97. The molecule has 4 atom stereocenters. The van der Waals surface area contributed by atoms with E-state index in [-0.39, 0.29) is 47.0 Å². The maximum Gasteiger partial charge on any atom is 0.321 e. The van der Waals surface area contributed by atoms with Crippen LogP contribution in [0.2, 0.25) is 25.1 Å². The molecule has 5 fully saturated rings. The van der Waals surface area contributed by atoms with Crippen molar-refractivity contribution in [3.05, 3.63) is 289 Å². The number of aromatic nitrogens is 2.